The van der Waals surface area contributed by atoms with Gasteiger partial charge in [0.2, 0.25) is 0 Å². The SMILES string of the molecule is C/C=C(/C)c1cc(NC)ccc1N. The highest BCUT2D eigenvalue weighted by Gasteiger charge is 2.00. The lowest BCUT2D eigenvalue weighted by Gasteiger charge is -2.08. The van der Waals surface area contributed by atoms with Gasteiger partial charge in [-0.2, -0.15) is 0 Å². The minimum absolute atomic E-state index is 0.828. The average Bonchev–Trinajstić information content (AvgIpc) is 2.17. The molecule has 3 N–H and O–H groups in total. The van der Waals surface area contributed by atoms with Crippen molar-refractivity contribution in [2.75, 3.05) is 18.1 Å². The van der Waals surface area contributed by atoms with E-state index in [-0.39, 0.29) is 0 Å². The van der Waals surface area contributed by atoms with Crippen LogP contribution in [-0.4, -0.2) is 7.05 Å². The van der Waals surface area contributed by atoms with E-state index in [2.05, 4.69) is 24.4 Å². The van der Waals surface area contributed by atoms with E-state index in [1.165, 1.54) is 5.57 Å². The summed E-state index contributed by atoms with van der Waals surface area (Å²) in [6.07, 6.45) is 2.06. The van der Waals surface area contributed by atoms with Crippen molar-refractivity contribution in [2.45, 2.75) is 13.8 Å². The Morgan fingerprint density at radius 2 is 2.15 bits per heavy atom. The average molecular weight is 176 g/mol. The molecule has 0 unspecified atom stereocenters. The van der Waals surface area contributed by atoms with E-state index < -0.39 is 0 Å². The van der Waals surface area contributed by atoms with E-state index in [9.17, 15) is 0 Å². The monoisotopic (exact) mass is 176 g/mol. The van der Waals surface area contributed by atoms with Crippen molar-refractivity contribution >= 4 is 16.9 Å². The first-order chi connectivity index (χ1) is 6.19. The maximum absolute atomic E-state index is 5.85. The summed E-state index contributed by atoms with van der Waals surface area (Å²) in [5.41, 5.74) is 10.1. The highest BCUT2D eigenvalue weighted by molar-refractivity contribution is 5.76. The van der Waals surface area contributed by atoms with Crippen molar-refractivity contribution in [3.8, 4) is 0 Å². The van der Waals surface area contributed by atoms with E-state index in [1.54, 1.807) is 0 Å². The van der Waals surface area contributed by atoms with Crippen LogP contribution in [0.3, 0.4) is 0 Å². The Balaban J connectivity index is 3.19. The predicted molar refractivity (Wildman–Crippen MR) is 59.7 cm³/mol. The highest BCUT2D eigenvalue weighted by Crippen LogP contribution is 2.24. The van der Waals surface area contributed by atoms with Crippen molar-refractivity contribution in [1.82, 2.24) is 0 Å². The molecule has 70 valence electrons. The summed E-state index contributed by atoms with van der Waals surface area (Å²) in [6.45, 7) is 4.08. The molecule has 0 atom stereocenters. The zero-order valence-electron chi connectivity index (χ0n) is 8.39. The standard InChI is InChI=1S/C11H16N2/c1-4-8(2)10-7-9(13-3)5-6-11(10)12/h4-7,13H,12H2,1-3H3/b8-4-. The third-order valence-corrected chi connectivity index (χ3v) is 2.20. The zero-order valence-corrected chi connectivity index (χ0v) is 8.39. The first-order valence-corrected chi connectivity index (χ1v) is 4.39. The molecule has 0 aromatic heterocycles. The van der Waals surface area contributed by atoms with Crippen LogP contribution >= 0.6 is 0 Å². The molecule has 13 heavy (non-hydrogen) atoms. The van der Waals surface area contributed by atoms with E-state index in [0.29, 0.717) is 0 Å². The van der Waals surface area contributed by atoms with Gasteiger partial charge < -0.3 is 11.1 Å². The Morgan fingerprint density at radius 1 is 1.46 bits per heavy atom. The maximum atomic E-state index is 5.85. The van der Waals surface area contributed by atoms with Gasteiger partial charge in [0.1, 0.15) is 0 Å². The summed E-state index contributed by atoms with van der Waals surface area (Å²) in [5, 5.41) is 3.09. The molecule has 1 aromatic rings. The summed E-state index contributed by atoms with van der Waals surface area (Å²) in [7, 11) is 1.90. The number of rotatable bonds is 2. The molecule has 0 amide bonds. The Hall–Kier alpha value is -1.44. The predicted octanol–water partition coefficient (Wildman–Crippen LogP) is 2.73. The Bertz CT molecular complexity index is 327. The van der Waals surface area contributed by atoms with Crippen molar-refractivity contribution in [3.05, 3.63) is 29.8 Å². The minimum Gasteiger partial charge on any atom is -0.398 e. The maximum Gasteiger partial charge on any atom is 0.0391 e. The van der Waals surface area contributed by atoms with Crippen LogP contribution < -0.4 is 11.1 Å². The quantitative estimate of drug-likeness (QED) is 0.680. The minimum atomic E-state index is 0.828. The van der Waals surface area contributed by atoms with Crippen molar-refractivity contribution in [2.24, 2.45) is 0 Å². The molecule has 1 aromatic carbocycles. The lowest BCUT2D eigenvalue weighted by molar-refractivity contribution is 1.47. The zero-order chi connectivity index (χ0) is 9.84. The van der Waals surface area contributed by atoms with Gasteiger partial charge in [-0.15, -0.1) is 0 Å². The van der Waals surface area contributed by atoms with Gasteiger partial charge in [0.15, 0.2) is 0 Å². The second-order valence-corrected chi connectivity index (χ2v) is 3.02. The summed E-state index contributed by atoms with van der Waals surface area (Å²) < 4.78 is 0. The van der Waals surface area contributed by atoms with E-state index in [1.807, 2.05) is 26.1 Å². The second kappa shape index (κ2) is 3.99. The highest BCUT2D eigenvalue weighted by atomic mass is 14.8. The number of anilines is 2. The fourth-order valence-electron chi connectivity index (χ4n) is 1.21. The first-order valence-electron chi connectivity index (χ1n) is 4.39. The van der Waals surface area contributed by atoms with Gasteiger partial charge in [0.25, 0.3) is 0 Å². The van der Waals surface area contributed by atoms with Gasteiger partial charge in [0, 0.05) is 24.0 Å². The van der Waals surface area contributed by atoms with Crippen LogP contribution in [0.5, 0.6) is 0 Å². The molecule has 0 aliphatic heterocycles. The lowest BCUT2D eigenvalue weighted by atomic mass is 10.0. The van der Waals surface area contributed by atoms with Gasteiger partial charge >= 0.3 is 0 Å². The third kappa shape index (κ3) is 2.02. The van der Waals surface area contributed by atoms with Gasteiger partial charge in [0.05, 0.1) is 0 Å². The molecule has 0 bridgehead atoms. The van der Waals surface area contributed by atoms with Crippen LogP contribution in [0.15, 0.2) is 24.3 Å². The summed E-state index contributed by atoms with van der Waals surface area (Å²) in [4.78, 5) is 0. The fourth-order valence-corrected chi connectivity index (χ4v) is 1.21. The van der Waals surface area contributed by atoms with Gasteiger partial charge in [-0.25, -0.2) is 0 Å². The molecule has 2 nitrogen and oxygen atoms in total. The number of nitrogens with two attached hydrogens (primary N) is 1. The summed E-state index contributed by atoms with van der Waals surface area (Å²) in [5.74, 6) is 0. The van der Waals surface area contributed by atoms with Crippen LogP contribution in [0.25, 0.3) is 5.57 Å². The van der Waals surface area contributed by atoms with Crippen molar-refractivity contribution in [3.63, 3.8) is 0 Å². The number of hydrogen-bond acceptors (Lipinski definition) is 2. The van der Waals surface area contributed by atoms with E-state index >= 15 is 0 Å². The van der Waals surface area contributed by atoms with Crippen LogP contribution in [0.4, 0.5) is 11.4 Å². The third-order valence-electron chi connectivity index (χ3n) is 2.20. The molecule has 0 aliphatic carbocycles. The van der Waals surface area contributed by atoms with E-state index in [0.717, 1.165) is 16.9 Å². The molecule has 0 heterocycles. The number of nitrogen functional groups attached to an aromatic ring is 1. The van der Waals surface area contributed by atoms with Crippen molar-refractivity contribution < 1.29 is 0 Å². The van der Waals surface area contributed by atoms with Gasteiger partial charge in [-0.3, -0.25) is 0 Å². The largest absolute Gasteiger partial charge is 0.398 e. The first kappa shape index (κ1) is 9.65. The molecule has 2 heteroatoms. The molecule has 0 aliphatic rings. The summed E-state index contributed by atoms with van der Waals surface area (Å²) >= 11 is 0. The van der Waals surface area contributed by atoms with Gasteiger partial charge in [-0.05, 0) is 37.6 Å². The van der Waals surface area contributed by atoms with Gasteiger partial charge in [-0.1, -0.05) is 6.08 Å². The van der Waals surface area contributed by atoms with Crippen LogP contribution in [0.2, 0.25) is 0 Å². The molecule has 0 spiro atoms. The molecule has 0 saturated heterocycles. The smallest absolute Gasteiger partial charge is 0.0391 e. The Kier molecular flexibility index (Phi) is 2.96. The van der Waals surface area contributed by atoms with E-state index in [4.69, 9.17) is 5.73 Å². The van der Waals surface area contributed by atoms with Crippen molar-refractivity contribution in [1.29, 1.82) is 0 Å². The Morgan fingerprint density at radius 3 is 2.69 bits per heavy atom. The van der Waals surface area contributed by atoms with Crippen LogP contribution in [0, 0.1) is 0 Å². The molecule has 0 radical (unpaired) electrons. The molecule has 0 saturated carbocycles. The molecule has 1 rings (SSSR count). The summed E-state index contributed by atoms with van der Waals surface area (Å²) in [6, 6.07) is 5.96. The topological polar surface area (TPSA) is 38.0 Å². The number of benzene rings is 1. The fraction of sp³-hybridized carbons (Fsp3) is 0.273. The molecular formula is C11H16N2. The molecular weight excluding hydrogens is 160 g/mol. The Labute approximate surface area is 79.5 Å². The normalized spacial score (nSPS) is 11.5. The molecule has 0 fully saturated rings. The number of nitrogens with one attached hydrogen (secondary N) is 1. The number of hydrogen-bond donors (Lipinski definition) is 2. The number of allylic oxidation sites excluding steroid dienone is 2. The van der Waals surface area contributed by atoms with Crippen LogP contribution in [0.1, 0.15) is 19.4 Å². The lowest BCUT2D eigenvalue weighted by Crippen LogP contribution is -1.95. The van der Waals surface area contributed by atoms with Crippen LogP contribution in [-0.2, 0) is 0 Å². The second-order valence-electron chi connectivity index (χ2n) is 3.02.